The molecule has 2 aromatic carbocycles. The summed E-state index contributed by atoms with van der Waals surface area (Å²) in [5.41, 5.74) is 0.339. The van der Waals surface area contributed by atoms with E-state index in [2.05, 4.69) is 9.88 Å². The summed E-state index contributed by atoms with van der Waals surface area (Å²) in [6, 6.07) is 15.0. The molecule has 0 aliphatic heterocycles. The van der Waals surface area contributed by atoms with Gasteiger partial charge in [0.1, 0.15) is 11.3 Å². The zero-order valence-electron chi connectivity index (χ0n) is 16.1. The van der Waals surface area contributed by atoms with Gasteiger partial charge in [0.05, 0.1) is 4.70 Å². The van der Waals surface area contributed by atoms with Crippen molar-refractivity contribution in [1.82, 2.24) is 9.88 Å². The van der Waals surface area contributed by atoms with Crippen LogP contribution in [0.2, 0.25) is 0 Å². The summed E-state index contributed by atoms with van der Waals surface area (Å²) in [5.74, 6) is 0.383. The number of benzene rings is 2. The standard InChI is InChI=1S/C21H24FN3OS2/c1-24(2)13-7-14-25(19(26)12-15-27-16-8-4-3-5-9-16)21-23-20-17(22)10-6-11-18(20)28-21/h3-6,8-11H,7,12-15H2,1-2H3. The van der Waals surface area contributed by atoms with Gasteiger partial charge in [-0.3, -0.25) is 9.69 Å². The minimum absolute atomic E-state index is 0.0293. The first kappa shape index (κ1) is 20.8. The molecule has 0 bridgehead atoms. The van der Waals surface area contributed by atoms with Gasteiger partial charge in [0.25, 0.3) is 0 Å². The van der Waals surface area contributed by atoms with E-state index in [0.29, 0.717) is 29.4 Å². The average molecular weight is 418 g/mol. The number of anilines is 1. The predicted molar refractivity (Wildman–Crippen MR) is 117 cm³/mol. The quantitative estimate of drug-likeness (QED) is 0.464. The number of amides is 1. The van der Waals surface area contributed by atoms with Gasteiger partial charge in [0.2, 0.25) is 5.91 Å². The Kier molecular flexibility index (Phi) is 7.42. The molecule has 0 spiro atoms. The molecule has 3 rings (SSSR count). The molecular formula is C21H24FN3OS2. The molecule has 0 saturated carbocycles. The first-order valence-electron chi connectivity index (χ1n) is 9.22. The van der Waals surface area contributed by atoms with E-state index in [0.717, 1.165) is 22.6 Å². The molecule has 148 valence electrons. The number of halogens is 1. The Morgan fingerprint density at radius 2 is 1.89 bits per heavy atom. The third kappa shape index (κ3) is 5.53. The molecule has 0 fully saturated rings. The molecule has 4 nitrogen and oxygen atoms in total. The predicted octanol–water partition coefficient (Wildman–Crippen LogP) is 4.90. The van der Waals surface area contributed by atoms with Crippen LogP contribution in [0.3, 0.4) is 0 Å². The lowest BCUT2D eigenvalue weighted by Gasteiger charge is -2.21. The van der Waals surface area contributed by atoms with Crippen LogP contribution >= 0.6 is 23.1 Å². The zero-order valence-corrected chi connectivity index (χ0v) is 17.7. The highest BCUT2D eigenvalue weighted by Crippen LogP contribution is 2.31. The minimum atomic E-state index is -0.347. The lowest BCUT2D eigenvalue weighted by atomic mass is 10.3. The molecule has 3 aromatic rings. The highest BCUT2D eigenvalue weighted by molar-refractivity contribution is 7.99. The van der Waals surface area contributed by atoms with Crippen molar-refractivity contribution in [3.63, 3.8) is 0 Å². The molecule has 0 unspecified atom stereocenters. The van der Waals surface area contributed by atoms with Crippen LogP contribution < -0.4 is 4.90 Å². The molecule has 28 heavy (non-hydrogen) atoms. The summed E-state index contributed by atoms with van der Waals surface area (Å²) in [7, 11) is 4.02. The van der Waals surface area contributed by atoms with E-state index in [1.807, 2.05) is 50.5 Å². The van der Waals surface area contributed by atoms with E-state index < -0.39 is 0 Å². The first-order valence-corrected chi connectivity index (χ1v) is 11.0. The van der Waals surface area contributed by atoms with E-state index in [1.165, 1.54) is 17.4 Å². The van der Waals surface area contributed by atoms with Gasteiger partial charge in [-0.2, -0.15) is 0 Å². The number of hydrogen-bond donors (Lipinski definition) is 0. The van der Waals surface area contributed by atoms with Gasteiger partial charge < -0.3 is 4.90 Å². The summed E-state index contributed by atoms with van der Waals surface area (Å²) in [5, 5.41) is 0.577. The Morgan fingerprint density at radius 1 is 1.11 bits per heavy atom. The van der Waals surface area contributed by atoms with Crippen molar-refractivity contribution in [1.29, 1.82) is 0 Å². The third-order valence-electron chi connectivity index (χ3n) is 4.21. The number of carbonyl (C=O) groups is 1. The van der Waals surface area contributed by atoms with Gasteiger partial charge in [0.15, 0.2) is 5.13 Å². The van der Waals surface area contributed by atoms with Gasteiger partial charge in [-0.05, 0) is 51.3 Å². The normalized spacial score (nSPS) is 11.3. The van der Waals surface area contributed by atoms with Crippen molar-refractivity contribution in [2.45, 2.75) is 17.7 Å². The van der Waals surface area contributed by atoms with Gasteiger partial charge in [-0.15, -0.1) is 11.8 Å². The summed E-state index contributed by atoms with van der Waals surface area (Å²) in [6.45, 7) is 1.45. The Hall–Kier alpha value is -1.96. The molecule has 1 aromatic heterocycles. The van der Waals surface area contributed by atoms with Crippen LogP contribution in [0, 0.1) is 5.82 Å². The van der Waals surface area contributed by atoms with Crippen molar-refractivity contribution in [2.24, 2.45) is 0 Å². The highest BCUT2D eigenvalue weighted by Gasteiger charge is 2.20. The SMILES string of the molecule is CN(C)CCCN(C(=O)CCSc1ccccc1)c1nc2c(F)cccc2s1. The maximum Gasteiger partial charge on any atom is 0.229 e. The smallest absolute Gasteiger partial charge is 0.229 e. The molecular weight excluding hydrogens is 393 g/mol. The monoisotopic (exact) mass is 417 g/mol. The number of rotatable bonds is 9. The number of hydrogen-bond acceptors (Lipinski definition) is 5. The summed E-state index contributed by atoms with van der Waals surface area (Å²) in [6.07, 6.45) is 1.25. The lowest BCUT2D eigenvalue weighted by molar-refractivity contribution is -0.118. The number of carbonyl (C=O) groups excluding carboxylic acids is 1. The Bertz CT molecular complexity index is 914. The van der Waals surface area contributed by atoms with Crippen LogP contribution in [0.15, 0.2) is 53.4 Å². The summed E-state index contributed by atoms with van der Waals surface area (Å²) < 4.78 is 14.8. The molecule has 0 N–H and O–H groups in total. The Labute approximate surface area is 173 Å². The van der Waals surface area contributed by atoms with E-state index in [-0.39, 0.29) is 11.7 Å². The lowest BCUT2D eigenvalue weighted by Crippen LogP contribution is -2.33. The number of aromatic nitrogens is 1. The highest BCUT2D eigenvalue weighted by atomic mass is 32.2. The van der Waals surface area contributed by atoms with Gasteiger partial charge in [0, 0.05) is 23.6 Å². The van der Waals surface area contributed by atoms with Crippen molar-refractivity contribution in [3.05, 3.63) is 54.3 Å². The molecule has 0 aliphatic rings. The van der Waals surface area contributed by atoms with E-state index in [1.54, 1.807) is 22.7 Å². The Balaban J connectivity index is 1.71. The van der Waals surface area contributed by atoms with Crippen molar-refractivity contribution in [3.8, 4) is 0 Å². The maximum absolute atomic E-state index is 14.0. The molecule has 0 atom stereocenters. The van der Waals surface area contributed by atoms with Crippen molar-refractivity contribution in [2.75, 3.05) is 37.8 Å². The van der Waals surface area contributed by atoms with Gasteiger partial charge in [-0.25, -0.2) is 9.37 Å². The first-order chi connectivity index (χ1) is 13.5. The molecule has 0 aliphatic carbocycles. The number of fused-ring (bicyclic) bond motifs is 1. The fourth-order valence-corrected chi connectivity index (χ4v) is 4.68. The van der Waals surface area contributed by atoms with Crippen LogP contribution in [0.25, 0.3) is 10.2 Å². The number of thioether (sulfide) groups is 1. The third-order valence-corrected chi connectivity index (χ3v) is 6.26. The van der Waals surface area contributed by atoms with Crippen molar-refractivity contribution >= 4 is 44.4 Å². The Morgan fingerprint density at radius 3 is 2.61 bits per heavy atom. The maximum atomic E-state index is 14.0. The second kappa shape index (κ2) is 10.0. The molecule has 0 saturated heterocycles. The van der Waals surface area contributed by atoms with Crippen LogP contribution in [0.1, 0.15) is 12.8 Å². The number of thiazole rings is 1. The van der Waals surface area contributed by atoms with Crippen LogP contribution in [-0.2, 0) is 4.79 Å². The van der Waals surface area contributed by atoms with E-state index >= 15 is 0 Å². The van der Waals surface area contributed by atoms with Gasteiger partial charge in [-0.1, -0.05) is 35.6 Å². The minimum Gasteiger partial charge on any atom is -0.309 e. The fourth-order valence-electron chi connectivity index (χ4n) is 2.80. The molecule has 1 amide bonds. The molecule has 1 heterocycles. The number of para-hydroxylation sites is 1. The zero-order chi connectivity index (χ0) is 19.9. The average Bonchev–Trinajstić information content (AvgIpc) is 3.11. The second-order valence-corrected chi connectivity index (χ2v) is 8.87. The molecule has 0 radical (unpaired) electrons. The summed E-state index contributed by atoms with van der Waals surface area (Å²) in [4.78, 5) is 22.3. The largest absolute Gasteiger partial charge is 0.309 e. The topological polar surface area (TPSA) is 36.4 Å². The van der Waals surface area contributed by atoms with Crippen LogP contribution in [0.5, 0.6) is 0 Å². The van der Waals surface area contributed by atoms with Gasteiger partial charge >= 0.3 is 0 Å². The summed E-state index contributed by atoms with van der Waals surface area (Å²) >= 11 is 3.03. The van der Waals surface area contributed by atoms with Crippen LogP contribution in [-0.4, -0.2) is 48.7 Å². The second-order valence-electron chi connectivity index (χ2n) is 6.70. The van der Waals surface area contributed by atoms with E-state index in [9.17, 15) is 9.18 Å². The fraction of sp³-hybridized carbons (Fsp3) is 0.333. The van der Waals surface area contributed by atoms with E-state index in [4.69, 9.17) is 0 Å². The van der Waals surface area contributed by atoms with Crippen LogP contribution in [0.4, 0.5) is 9.52 Å². The molecule has 7 heteroatoms. The number of nitrogens with zero attached hydrogens (tertiary/aromatic N) is 3. The van der Waals surface area contributed by atoms with Crippen molar-refractivity contribution < 1.29 is 9.18 Å².